The van der Waals surface area contributed by atoms with E-state index in [1.54, 1.807) is 0 Å². The van der Waals surface area contributed by atoms with Gasteiger partial charge in [-0.05, 0) is 55.3 Å². The van der Waals surface area contributed by atoms with Gasteiger partial charge in [0.25, 0.3) is 0 Å². The van der Waals surface area contributed by atoms with Crippen molar-refractivity contribution in [3.8, 4) is 0 Å². The molecule has 0 radical (unpaired) electrons. The van der Waals surface area contributed by atoms with Crippen molar-refractivity contribution in [2.24, 2.45) is 29.6 Å². The van der Waals surface area contributed by atoms with Gasteiger partial charge in [-0.25, -0.2) is 0 Å². The minimum atomic E-state index is 0.0148. The summed E-state index contributed by atoms with van der Waals surface area (Å²) in [6.45, 7) is 7.15. The number of rotatable bonds is 4. The van der Waals surface area contributed by atoms with Gasteiger partial charge in [0.05, 0.1) is 6.10 Å². The molecule has 0 amide bonds. The van der Waals surface area contributed by atoms with E-state index in [4.69, 9.17) is 0 Å². The molecule has 0 aromatic heterocycles. The molecule has 0 aromatic rings. The minimum Gasteiger partial charge on any atom is -0.393 e. The molecule has 2 aliphatic rings. The second-order valence-electron chi connectivity index (χ2n) is 6.88. The first-order chi connectivity index (χ1) is 8.69. The number of aliphatic hydroxyl groups is 1. The van der Waals surface area contributed by atoms with Gasteiger partial charge in [0, 0.05) is 0 Å². The summed E-state index contributed by atoms with van der Waals surface area (Å²) in [7, 11) is 0. The van der Waals surface area contributed by atoms with E-state index in [0.29, 0.717) is 5.92 Å². The molecule has 1 heteroatoms. The van der Waals surface area contributed by atoms with E-state index in [0.717, 1.165) is 30.1 Å². The predicted octanol–water partition coefficient (Wildman–Crippen LogP) is 4.64. The molecule has 106 valence electrons. The lowest BCUT2D eigenvalue weighted by Crippen LogP contribution is -2.42. The molecule has 0 spiro atoms. The SMILES string of the molecule is CCC(C)C(CC)C1CCCC2[C@@H]1CCC[C@H]2O. The van der Waals surface area contributed by atoms with E-state index in [1.165, 1.54) is 44.9 Å². The van der Waals surface area contributed by atoms with Crippen molar-refractivity contribution in [2.45, 2.75) is 78.2 Å². The second kappa shape index (κ2) is 6.41. The third-order valence-electron chi connectivity index (χ3n) is 6.10. The number of aliphatic hydroxyl groups excluding tert-OH is 1. The zero-order valence-electron chi connectivity index (χ0n) is 12.6. The molecule has 2 fully saturated rings. The van der Waals surface area contributed by atoms with E-state index in [2.05, 4.69) is 20.8 Å². The van der Waals surface area contributed by atoms with Gasteiger partial charge in [0.2, 0.25) is 0 Å². The first kappa shape index (κ1) is 14.4. The molecule has 0 heterocycles. The van der Waals surface area contributed by atoms with Crippen molar-refractivity contribution in [2.75, 3.05) is 0 Å². The van der Waals surface area contributed by atoms with Crippen LogP contribution < -0.4 is 0 Å². The van der Waals surface area contributed by atoms with Crippen molar-refractivity contribution < 1.29 is 5.11 Å². The van der Waals surface area contributed by atoms with E-state index in [9.17, 15) is 5.11 Å². The lowest BCUT2D eigenvalue weighted by molar-refractivity contribution is -0.0380. The molecule has 2 aliphatic carbocycles. The molecule has 0 saturated heterocycles. The van der Waals surface area contributed by atoms with Crippen LogP contribution in [-0.2, 0) is 0 Å². The van der Waals surface area contributed by atoms with Crippen LogP contribution in [0.3, 0.4) is 0 Å². The smallest absolute Gasteiger partial charge is 0.0571 e. The largest absolute Gasteiger partial charge is 0.393 e. The Morgan fingerprint density at radius 1 is 0.944 bits per heavy atom. The molecule has 0 bridgehead atoms. The Labute approximate surface area is 113 Å². The van der Waals surface area contributed by atoms with E-state index in [-0.39, 0.29) is 6.10 Å². The van der Waals surface area contributed by atoms with Gasteiger partial charge < -0.3 is 5.11 Å². The van der Waals surface area contributed by atoms with E-state index >= 15 is 0 Å². The van der Waals surface area contributed by atoms with Crippen LogP contribution in [0.4, 0.5) is 0 Å². The molecule has 4 unspecified atom stereocenters. The number of fused-ring (bicyclic) bond motifs is 1. The van der Waals surface area contributed by atoms with Crippen LogP contribution >= 0.6 is 0 Å². The van der Waals surface area contributed by atoms with Gasteiger partial charge >= 0.3 is 0 Å². The number of hydrogen-bond acceptors (Lipinski definition) is 1. The highest BCUT2D eigenvalue weighted by molar-refractivity contribution is 4.92. The highest BCUT2D eigenvalue weighted by Gasteiger charge is 2.42. The molecular weight excluding hydrogens is 220 g/mol. The van der Waals surface area contributed by atoms with Crippen molar-refractivity contribution in [1.29, 1.82) is 0 Å². The van der Waals surface area contributed by atoms with Crippen molar-refractivity contribution in [3.63, 3.8) is 0 Å². The van der Waals surface area contributed by atoms with E-state index in [1.807, 2.05) is 0 Å². The molecule has 1 nitrogen and oxygen atoms in total. The summed E-state index contributed by atoms with van der Waals surface area (Å²) in [6, 6.07) is 0. The van der Waals surface area contributed by atoms with Crippen molar-refractivity contribution in [1.82, 2.24) is 0 Å². The number of hydrogen-bond donors (Lipinski definition) is 1. The maximum atomic E-state index is 10.3. The highest BCUT2D eigenvalue weighted by atomic mass is 16.3. The Morgan fingerprint density at radius 2 is 1.61 bits per heavy atom. The van der Waals surface area contributed by atoms with Gasteiger partial charge in [0.15, 0.2) is 0 Å². The van der Waals surface area contributed by atoms with Crippen LogP contribution in [0.2, 0.25) is 0 Å². The van der Waals surface area contributed by atoms with Gasteiger partial charge in [-0.3, -0.25) is 0 Å². The van der Waals surface area contributed by atoms with Gasteiger partial charge in [-0.15, -0.1) is 0 Å². The molecular formula is C17H32O. The van der Waals surface area contributed by atoms with E-state index < -0.39 is 0 Å². The van der Waals surface area contributed by atoms with Gasteiger partial charge in [-0.2, -0.15) is 0 Å². The predicted molar refractivity (Wildman–Crippen MR) is 77.4 cm³/mol. The molecule has 0 aromatic carbocycles. The topological polar surface area (TPSA) is 20.2 Å². The molecule has 18 heavy (non-hydrogen) atoms. The maximum absolute atomic E-state index is 10.3. The van der Waals surface area contributed by atoms with Crippen molar-refractivity contribution >= 4 is 0 Å². The lowest BCUT2D eigenvalue weighted by atomic mass is 9.59. The molecule has 2 saturated carbocycles. The average molecular weight is 252 g/mol. The summed E-state index contributed by atoms with van der Waals surface area (Å²) in [5.41, 5.74) is 0. The second-order valence-corrected chi connectivity index (χ2v) is 6.88. The van der Waals surface area contributed by atoms with Crippen LogP contribution in [0.25, 0.3) is 0 Å². The van der Waals surface area contributed by atoms with Crippen LogP contribution in [0.1, 0.15) is 72.1 Å². The fourth-order valence-corrected chi connectivity index (χ4v) is 4.98. The third-order valence-corrected chi connectivity index (χ3v) is 6.10. The summed E-state index contributed by atoms with van der Waals surface area (Å²) in [5, 5.41) is 10.3. The summed E-state index contributed by atoms with van der Waals surface area (Å²) < 4.78 is 0. The summed E-state index contributed by atoms with van der Waals surface area (Å²) in [6.07, 6.45) is 10.4. The third kappa shape index (κ3) is 2.76. The Balaban J connectivity index is 2.10. The minimum absolute atomic E-state index is 0.0148. The van der Waals surface area contributed by atoms with Gasteiger partial charge in [-0.1, -0.05) is 46.5 Å². The van der Waals surface area contributed by atoms with Gasteiger partial charge in [0.1, 0.15) is 0 Å². The van der Waals surface area contributed by atoms with Crippen LogP contribution in [0.5, 0.6) is 0 Å². The molecule has 2 rings (SSSR count). The Hall–Kier alpha value is -0.0400. The van der Waals surface area contributed by atoms with Crippen LogP contribution in [-0.4, -0.2) is 11.2 Å². The normalized spacial score (nSPS) is 40.0. The fourth-order valence-electron chi connectivity index (χ4n) is 4.98. The average Bonchev–Trinajstić information content (AvgIpc) is 2.40. The fraction of sp³-hybridized carbons (Fsp3) is 1.00. The van der Waals surface area contributed by atoms with Crippen molar-refractivity contribution in [3.05, 3.63) is 0 Å². The zero-order chi connectivity index (χ0) is 13.1. The summed E-state index contributed by atoms with van der Waals surface area (Å²) >= 11 is 0. The standard InChI is InChI=1S/C17H32O/c1-4-12(3)13(5-2)14-8-6-10-16-15(14)9-7-11-17(16)18/h12-18H,4-11H2,1-3H3/t12?,13?,14?,15-,16?,17-/m1/s1. The molecule has 6 atom stereocenters. The summed E-state index contributed by atoms with van der Waals surface area (Å²) in [4.78, 5) is 0. The Morgan fingerprint density at radius 3 is 2.28 bits per heavy atom. The Kier molecular flexibility index (Phi) is 5.12. The first-order valence-corrected chi connectivity index (χ1v) is 8.37. The monoisotopic (exact) mass is 252 g/mol. The van der Waals surface area contributed by atoms with Crippen LogP contribution in [0, 0.1) is 29.6 Å². The quantitative estimate of drug-likeness (QED) is 0.773. The highest BCUT2D eigenvalue weighted by Crippen LogP contribution is 2.49. The summed E-state index contributed by atoms with van der Waals surface area (Å²) in [5.74, 6) is 4.13. The van der Waals surface area contributed by atoms with Crippen LogP contribution in [0.15, 0.2) is 0 Å². The maximum Gasteiger partial charge on any atom is 0.0571 e. The lowest BCUT2D eigenvalue weighted by Gasteiger charge is -2.48. The zero-order valence-corrected chi connectivity index (χ0v) is 12.6. The molecule has 1 N–H and O–H groups in total. The molecule has 0 aliphatic heterocycles. The Bertz CT molecular complexity index is 250. The first-order valence-electron chi connectivity index (χ1n) is 8.37.